The zero-order valence-corrected chi connectivity index (χ0v) is 17.2. The molecule has 0 atom stereocenters. The fraction of sp³-hybridized carbons (Fsp3) is 0.421. The van der Waals surface area contributed by atoms with Crippen molar-refractivity contribution in [1.29, 1.82) is 0 Å². The van der Waals surface area contributed by atoms with E-state index in [4.69, 9.17) is 9.47 Å². The number of amides is 1. The normalized spacial score (nSPS) is 16.9. The van der Waals surface area contributed by atoms with Gasteiger partial charge < -0.3 is 19.7 Å². The second kappa shape index (κ2) is 8.84. The van der Waals surface area contributed by atoms with Crippen molar-refractivity contribution in [3.8, 4) is 11.5 Å². The molecule has 0 spiro atoms. The van der Waals surface area contributed by atoms with E-state index < -0.39 is 10.0 Å². The number of benzene rings is 1. The predicted molar refractivity (Wildman–Crippen MR) is 108 cm³/mol. The third kappa shape index (κ3) is 4.46. The zero-order valence-electron chi connectivity index (χ0n) is 16.4. The Balaban J connectivity index is 1.30. The maximum atomic E-state index is 13.0. The first-order chi connectivity index (χ1) is 14.5. The van der Waals surface area contributed by atoms with Gasteiger partial charge in [0, 0.05) is 57.6 Å². The van der Waals surface area contributed by atoms with E-state index in [0.717, 1.165) is 0 Å². The minimum atomic E-state index is -3.67. The number of carbonyl (C=O) groups excluding carboxylic acids is 1. The van der Waals surface area contributed by atoms with Crippen molar-refractivity contribution in [2.75, 3.05) is 51.3 Å². The first-order valence-corrected chi connectivity index (χ1v) is 11.2. The minimum absolute atomic E-state index is 0.0326. The molecule has 0 aliphatic carbocycles. The molecule has 10 nitrogen and oxygen atoms in total. The number of carbonyl (C=O) groups is 1. The molecule has 1 amide bonds. The number of hydrogen-bond donors (Lipinski definition) is 1. The lowest BCUT2D eigenvalue weighted by Gasteiger charge is -2.34. The Labute approximate surface area is 174 Å². The second-order valence-electron chi connectivity index (χ2n) is 6.84. The largest absolute Gasteiger partial charge is 0.486 e. The van der Waals surface area contributed by atoms with Gasteiger partial charge in [-0.15, -0.1) is 0 Å². The van der Waals surface area contributed by atoms with Crippen molar-refractivity contribution in [3.05, 3.63) is 36.7 Å². The summed E-state index contributed by atoms with van der Waals surface area (Å²) >= 11 is 0. The van der Waals surface area contributed by atoms with Gasteiger partial charge in [0.15, 0.2) is 11.5 Å². The standard InChI is InChI=1S/C19H23N5O5S/c25-18(4-7-22-19-20-5-1-6-21-19)23-8-10-24(11-9-23)30(26,27)15-2-3-16-17(14-15)29-13-12-28-16/h1-3,5-6,14H,4,7-13H2,(H,20,21,22). The monoisotopic (exact) mass is 433 g/mol. The SMILES string of the molecule is O=C(CCNc1ncccn1)N1CCN(S(=O)(=O)c2ccc3c(c2)OCCO3)CC1. The molecule has 1 aromatic heterocycles. The summed E-state index contributed by atoms with van der Waals surface area (Å²) in [6.07, 6.45) is 3.53. The number of rotatable bonds is 6. The molecule has 0 bridgehead atoms. The van der Waals surface area contributed by atoms with Crippen LogP contribution in [0.1, 0.15) is 6.42 Å². The van der Waals surface area contributed by atoms with Crippen LogP contribution < -0.4 is 14.8 Å². The molecule has 11 heteroatoms. The van der Waals surface area contributed by atoms with E-state index in [1.807, 2.05) is 0 Å². The zero-order chi connectivity index (χ0) is 21.0. The topological polar surface area (TPSA) is 114 Å². The van der Waals surface area contributed by atoms with Crippen molar-refractivity contribution in [1.82, 2.24) is 19.2 Å². The lowest BCUT2D eigenvalue weighted by Crippen LogP contribution is -2.50. The molecular formula is C19H23N5O5S. The van der Waals surface area contributed by atoms with Crippen LogP contribution in [0.2, 0.25) is 0 Å². The average molecular weight is 433 g/mol. The van der Waals surface area contributed by atoms with Crippen molar-refractivity contribution in [2.45, 2.75) is 11.3 Å². The quantitative estimate of drug-likeness (QED) is 0.704. The molecular weight excluding hydrogens is 410 g/mol. The molecule has 2 aliphatic rings. The number of fused-ring (bicyclic) bond motifs is 1. The first kappa shape index (κ1) is 20.4. The third-order valence-corrected chi connectivity index (χ3v) is 6.83. The summed E-state index contributed by atoms with van der Waals surface area (Å²) in [5, 5.41) is 3.00. The molecule has 30 heavy (non-hydrogen) atoms. The number of hydrogen-bond acceptors (Lipinski definition) is 8. The second-order valence-corrected chi connectivity index (χ2v) is 8.78. The fourth-order valence-electron chi connectivity index (χ4n) is 3.34. The number of sulfonamides is 1. The van der Waals surface area contributed by atoms with Crippen LogP contribution in [-0.4, -0.2) is 79.4 Å². The molecule has 160 valence electrons. The van der Waals surface area contributed by atoms with E-state index in [2.05, 4.69) is 15.3 Å². The van der Waals surface area contributed by atoms with Gasteiger partial charge in [0.2, 0.25) is 21.9 Å². The maximum absolute atomic E-state index is 13.0. The first-order valence-electron chi connectivity index (χ1n) is 9.72. The molecule has 0 saturated carbocycles. The van der Waals surface area contributed by atoms with Crippen molar-refractivity contribution in [3.63, 3.8) is 0 Å². The van der Waals surface area contributed by atoms with Crippen LogP contribution in [0.4, 0.5) is 5.95 Å². The van der Waals surface area contributed by atoms with E-state index >= 15 is 0 Å². The minimum Gasteiger partial charge on any atom is -0.486 e. The molecule has 1 aromatic carbocycles. The number of piperazine rings is 1. The Kier molecular flexibility index (Phi) is 6.00. The van der Waals surface area contributed by atoms with Gasteiger partial charge in [-0.05, 0) is 18.2 Å². The van der Waals surface area contributed by atoms with Gasteiger partial charge in [-0.1, -0.05) is 0 Å². The molecule has 1 fully saturated rings. The maximum Gasteiger partial charge on any atom is 0.243 e. The highest BCUT2D eigenvalue weighted by molar-refractivity contribution is 7.89. The molecule has 2 aliphatic heterocycles. The number of anilines is 1. The summed E-state index contributed by atoms with van der Waals surface area (Å²) in [6, 6.07) is 6.36. The van der Waals surface area contributed by atoms with Gasteiger partial charge in [0.05, 0.1) is 4.90 Å². The summed E-state index contributed by atoms with van der Waals surface area (Å²) < 4.78 is 38.3. The number of ether oxygens (including phenoxy) is 2. The van der Waals surface area contributed by atoms with Crippen LogP contribution in [0.15, 0.2) is 41.6 Å². The summed E-state index contributed by atoms with van der Waals surface area (Å²) in [6.45, 7) is 2.45. The van der Waals surface area contributed by atoms with E-state index in [1.54, 1.807) is 29.4 Å². The third-order valence-electron chi connectivity index (χ3n) is 4.93. The van der Waals surface area contributed by atoms with Crippen molar-refractivity contribution < 1.29 is 22.7 Å². The van der Waals surface area contributed by atoms with Gasteiger partial charge in [-0.25, -0.2) is 18.4 Å². The highest BCUT2D eigenvalue weighted by atomic mass is 32.2. The lowest BCUT2D eigenvalue weighted by molar-refractivity contribution is -0.132. The Hall–Kier alpha value is -2.92. The van der Waals surface area contributed by atoms with Crippen molar-refractivity contribution in [2.24, 2.45) is 0 Å². The summed E-state index contributed by atoms with van der Waals surface area (Å²) in [7, 11) is -3.67. The Morgan fingerprint density at radius 2 is 1.73 bits per heavy atom. The van der Waals surface area contributed by atoms with Crippen LogP contribution in [0.3, 0.4) is 0 Å². The molecule has 1 saturated heterocycles. The van der Waals surface area contributed by atoms with Gasteiger partial charge in [-0.3, -0.25) is 4.79 Å². The van der Waals surface area contributed by atoms with Gasteiger partial charge in [-0.2, -0.15) is 4.31 Å². The van der Waals surface area contributed by atoms with E-state index in [0.29, 0.717) is 50.3 Å². The molecule has 4 rings (SSSR count). The van der Waals surface area contributed by atoms with Crippen LogP contribution in [0, 0.1) is 0 Å². The summed E-state index contributed by atoms with van der Waals surface area (Å²) in [4.78, 5) is 22.4. The average Bonchev–Trinajstić information content (AvgIpc) is 2.79. The fourth-order valence-corrected chi connectivity index (χ4v) is 4.78. The van der Waals surface area contributed by atoms with E-state index in [9.17, 15) is 13.2 Å². The lowest BCUT2D eigenvalue weighted by atomic mass is 10.3. The Bertz CT molecular complexity index is 994. The van der Waals surface area contributed by atoms with Gasteiger partial charge in [0.1, 0.15) is 13.2 Å². The van der Waals surface area contributed by atoms with Crippen LogP contribution in [0.5, 0.6) is 11.5 Å². The summed E-state index contributed by atoms with van der Waals surface area (Å²) in [5.41, 5.74) is 0. The highest BCUT2D eigenvalue weighted by Crippen LogP contribution is 2.33. The number of nitrogens with one attached hydrogen (secondary N) is 1. The van der Waals surface area contributed by atoms with Crippen LogP contribution >= 0.6 is 0 Å². The van der Waals surface area contributed by atoms with Gasteiger partial charge >= 0.3 is 0 Å². The molecule has 1 N–H and O–H groups in total. The predicted octanol–water partition coefficient (Wildman–Crippen LogP) is 0.583. The Morgan fingerprint density at radius 1 is 1.03 bits per heavy atom. The molecule has 0 radical (unpaired) electrons. The Morgan fingerprint density at radius 3 is 2.47 bits per heavy atom. The molecule has 2 aromatic rings. The van der Waals surface area contributed by atoms with Gasteiger partial charge in [0.25, 0.3) is 0 Å². The number of aromatic nitrogens is 2. The van der Waals surface area contributed by atoms with Crippen LogP contribution in [0.25, 0.3) is 0 Å². The molecule has 3 heterocycles. The highest BCUT2D eigenvalue weighted by Gasteiger charge is 2.31. The smallest absolute Gasteiger partial charge is 0.243 e. The molecule has 0 unspecified atom stereocenters. The number of nitrogens with zero attached hydrogens (tertiary/aromatic N) is 4. The summed E-state index contributed by atoms with van der Waals surface area (Å²) in [5.74, 6) is 1.42. The van der Waals surface area contributed by atoms with Crippen molar-refractivity contribution >= 4 is 21.9 Å². The van der Waals surface area contributed by atoms with E-state index in [1.165, 1.54) is 16.4 Å². The van der Waals surface area contributed by atoms with E-state index in [-0.39, 0.29) is 30.3 Å². The van der Waals surface area contributed by atoms with Crippen LogP contribution in [-0.2, 0) is 14.8 Å².